The molecule has 0 amide bonds. The minimum Gasteiger partial charge on any atom is -0.0616 e. The van der Waals surface area contributed by atoms with Crippen molar-refractivity contribution in [3.05, 3.63) is 96.1 Å². The Labute approximate surface area is 169 Å². The molecule has 0 aliphatic heterocycles. The van der Waals surface area contributed by atoms with Gasteiger partial charge in [0.05, 0.1) is 0 Å². The Bertz CT molecular complexity index is 943. The van der Waals surface area contributed by atoms with E-state index in [1.54, 1.807) is 0 Å². The summed E-state index contributed by atoms with van der Waals surface area (Å²) in [5.74, 6) is 0. The van der Waals surface area contributed by atoms with E-state index in [9.17, 15) is 0 Å². The number of aryl methyl sites for hydroxylation is 2. The summed E-state index contributed by atoms with van der Waals surface area (Å²) in [7, 11) is 0. The molecule has 4 aromatic carbocycles. The van der Waals surface area contributed by atoms with Crippen LogP contribution in [0.2, 0.25) is 0 Å². The normalized spacial score (nSPS) is 11.3. The molecule has 28 heavy (non-hydrogen) atoms. The predicted molar refractivity (Wildman–Crippen MR) is 123 cm³/mol. The summed E-state index contributed by atoms with van der Waals surface area (Å²) in [6, 6.07) is 31.1. The number of hydrogen-bond donors (Lipinski definition) is 0. The maximum Gasteiger partial charge on any atom is -0.0181 e. The number of unbranched alkanes of at least 4 members (excludes halogenated alkanes) is 5. The van der Waals surface area contributed by atoms with E-state index in [2.05, 4.69) is 84.9 Å². The maximum absolute atomic E-state index is 2.36. The van der Waals surface area contributed by atoms with Crippen molar-refractivity contribution in [2.75, 3.05) is 0 Å². The van der Waals surface area contributed by atoms with Crippen LogP contribution < -0.4 is 0 Å². The van der Waals surface area contributed by atoms with E-state index >= 15 is 0 Å². The van der Waals surface area contributed by atoms with E-state index in [1.165, 1.54) is 84.0 Å². The fraction of sp³-hybridized carbons (Fsp3) is 0.286. The van der Waals surface area contributed by atoms with Crippen molar-refractivity contribution in [1.29, 1.82) is 0 Å². The second kappa shape index (κ2) is 9.55. The molecule has 0 aliphatic rings. The van der Waals surface area contributed by atoms with Crippen LogP contribution in [0.15, 0.2) is 84.9 Å². The SMILES string of the molecule is c1ccc2cc(CCCCCCCCc3ccc4ccccc4c3)ccc2c1. The lowest BCUT2D eigenvalue weighted by Gasteiger charge is -2.06. The lowest BCUT2D eigenvalue weighted by atomic mass is 10.0. The van der Waals surface area contributed by atoms with Crippen LogP contribution >= 0.6 is 0 Å². The van der Waals surface area contributed by atoms with Gasteiger partial charge in [0.25, 0.3) is 0 Å². The van der Waals surface area contributed by atoms with Gasteiger partial charge in [0, 0.05) is 0 Å². The first kappa shape index (κ1) is 18.7. The third kappa shape index (κ3) is 5.01. The fourth-order valence-electron chi connectivity index (χ4n) is 4.15. The molecule has 0 saturated carbocycles. The van der Waals surface area contributed by atoms with E-state index in [-0.39, 0.29) is 0 Å². The third-order valence-corrected chi connectivity index (χ3v) is 5.81. The van der Waals surface area contributed by atoms with Crippen LogP contribution in [0.4, 0.5) is 0 Å². The van der Waals surface area contributed by atoms with E-state index in [4.69, 9.17) is 0 Å². The van der Waals surface area contributed by atoms with Gasteiger partial charge in [-0.2, -0.15) is 0 Å². The molecule has 0 radical (unpaired) electrons. The number of benzene rings is 4. The summed E-state index contributed by atoms with van der Waals surface area (Å²) < 4.78 is 0. The zero-order chi connectivity index (χ0) is 19.0. The molecule has 0 fully saturated rings. The minimum atomic E-state index is 1.21. The van der Waals surface area contributed by atoms with Crippen LogP contribution in [-0.4, -0.2) is 0 Å². The van der Waals surface area contributed by atoms with Crippen molar-refractivity contribution in [3.8, 4) is 0 Å². The second-order valence-electron chi connectivity index (χ2n) is 7.98. The maximum atomic E-state index is 2.36. The molecule has 0 bridgehead atoms. The van der Waals surface area contributed by atoms with Gasteiger partial charge >= 0.3 is 0 Å². The van der Waals surface area contributed by atoms with Crippen LogP contribution in [0.25, 0.3) is 21.5 Å². The minimum absolute atomic E-state index is 1.21. The molecule has 0 aliphatic carbocycles. The molecule has 142 valence electrons. The Morgan fingerprint density at radius 1 is 0.357 bits per heavy atom. The van der Waals surface area contributed by atoms with Gasteiger partial charge in [-0.3, -0.25) is 0 Å². The van der Waals surface area contributed by atoms with Gasteiger partial charge in [-0.05, 0) is 58.4 Å². The molecule has 0 aromatic heterocycles. The highest BCUT2D eigenvalue weighted by atomic mass is 14.0. The van der Waals surface area contributed by atoms with Gasteiger partial charge in [0.1, 0.15) is 0 Å². The smallest absolute Gasteiger partial charge is 0.0181 e. The average Bonchev–Trinajstić information content (AvgIpc) is 2.75. The van der Waals surface area contributed by atoms with Crippen molar-refractivity contribution in [2.24, 2.45) is 0 Å². The Kier molecular flexibility index (Phi) is 6.40. The summed E-state index contributed by atoms with van der Waals surface area (Å²) in [4.78, 5) is 0. The van der Waals surface area contributed by atoms with Gasteiger partial charge in [-0.1, -0.05) is 111 Å². The summed E-state index contributed by atoms with van der Waals surface area (Å²) in [6.45, 7) is 0. The third-order valence-electron chi connectivity index (χ3n) is 5.81. The molecule has 0 nitrogen and oxygen atoms in total. The summed E-state index contributed by atoms with van der Waals surface area (Å²) >= 11 is 0. The van der Waals surface area contributed by atoms with Gasteiger partial charge < -0.3 is 0 Å². The molecule has 0 atom stereocenters. The Morgan fingerprint density at radius 2 is 0.750 bits per heavy atom. The van der Waals surface area contributed by atoms with Crippen molar-refractivity contribution in [1.82, 2.24) is 0 Å². The summed E-state index contributed by atoms with van der Waals surface area (Å²) in [5.41, 5.74) is 2.96. The first-order valence-electron chi connectivity index (χ1n) is 10.8. The molecular weight excluding hydrogens is 336 g/mol. The summed E-state index contributed by atoms with van der Waals surface area (Å²) in [6.07, 6.45) is 10.5. The van der Waals surface area contributed by atoms with Crippen LogP contribution in [0.5, 0.6) is 0 Å². The highest BCUT2D eigenvalue weighted by Gasteiger charge is 1.99. The molecule has 0 saturated heterocycles. The largest absolute Gasteiger partial charge is 0.0616 e. The van der Waals surface area contributed by atoms with Gasteiger partial charge in [-0.25, -0.2) is 0 Å². The number of fused-ring (bicyclic) bond motifs is 2. The zero-order valence-electron chi connectivity index (χ0n) is 16.7. The molecule has 0 spiro atoms. The monoisotopic (exact) mass is 366 g/mol. The molecular formula is C28H30. The Hall–Kier alpha value is -2.60. The van der Waals surface area contributed by atoms with Crippen LogP contribution in [-0.2, 0) is 12.8 Å². The zero-order valence-corrected chi connectivity index (χ0v) is 16.7. The van der Waals surface area contributed by atoms with Gasteiger partial charge in [0.15, 0.2) is 0 Å². The van der Waals surface area contributed by atoms with E-state index < -0.39 is 0 Å². The van der Waals surface area contributed by atoms with E-state index in [1.807, 2.05) is 0 Å². The van der Waals surface area contributed by atoms with Crippen LogP contribution in [0, 0.1) is 0 Å². The van der Waals surface area contributed by atoms with E-state index in [0.29, 0.717) is 0 Å². The van der Waals surface area contributed by atoms with Gasteiger partial charge in [0.2, 0.25) is 0 Å². The first-order chi connectivity index (χ1) is 13.9. The van der Waals surface area contributed by atoms with Crippen molar-refractivity contribution in [3.63, 3.8) is 0 Å². The van der Waals surface area contributed by atoms with E-state index in [0.717, 1.165) is 0 Å². The number of rotatable bonds is 9. The molecule has 0 N–H and O–H groups in total. The topological polar surface area (TPSA) is 0 Å². The van der Waals surface area contributed by atoms with Crippen molar-refractivity contribution in [2.45, 2.75) is 51.4 Å². The number of hydrogen-bond acceptors (Lipinski definition) is 0. The summed E-state index contributed by atoms with van der Waals surface area (Å²) in [5, 5.41) is 5.43. The molecule has 0 heteroatoms. The first-order valence-corrected chi connectivity index (χ1v) is 10.8. The van der Waals surface area contributed by atoms with Crippen molar-refractivity contribution >= 4 is 21.5 Å². The van der Waals surface area contributed by atoms with Crippen molar-refractivity contribution < 1.29 is 0 Å². The quantitative estimate of drug-likeness (QED) is 0.262. The second-order valence-corrected chi connectivity index (χ2v) is 7.98. The highest BCUT2D eigenvalue weighted by molar-refractivity contribution is 5.83. The standard InChI is InChI=1S/C28H30/c1(3-5-11-23-17-19-25-13-7-9-15-27(25)21-23)2-4-6-12-24-18-20-26-14-8-10-16-28(26)22-24/h7-10,13-22H,1-6,11-12H2. The molecule has 0 unspecified atom stereocenters. The van der Waals surface area contributed by atoms with Crippen LogP contribution in [0.1, 0.15) is 49.7 Å². The fourth-order valence-corrected chi connectivity index (χ4v) is 4.15. The molecule has 4 rings (SSSR count). The van der Waals surface area contributed by atoms with Crippen LogP contribution in [0.3, 0.4) is 0 Å². The molecule has 0 heterocycles. The Balaban J connectivity index is 1.12. The van der Waals surface area contributed by atoms with Gasteiger partial charge in [-0.15, -0.1) is 0 Å². The lowest BCUT2D eigenvalue weighted by Crippen LogP contribution is -1.88. The Morgan fingerprint density at radius 3 is 1.21 bits per heavy atom. The highest BCUT2D eigenvalue weighted by Crippen LogP contribution is 2.19. The molecule has 4 aromatic rings. The lowest BCUT2D eigenvalue weighted by molar-refractivity contribution is 0.594. The predicted octanol–water partition coefficient (Wildman–Crippen LogP) is 8.12. The average molecular weight is 367 g/mol.